The average Bonchev–Trinajstić information content (AvgIpc) is 2.42. The second kappa shape index (κ2) is 5.83. The van der Waals surface area contributed by atoms with Gasteiger partial charge in [0.1, 0.15) is 11.6 Å². The number of hydrogen-bond donors (Lipinski definition) is 0. The van der Waals surface area contributed by atoms with Gasteiger partial charge in [-0.2, -0.15) is 0 Å². The summed E-state index contributed by atoms with van der Waals surface area (Å²) in [5, 5.41) is 0. The average molecular weight is 336 g/mol. The Morgan fingerprint density at radius 1 is 1.20 bits per heavy atom. The highest BCUT2D eigenvalue weighted by atomic mass is 79.9. The molecule has 0 amide bonds. The quantitative estimate of drug-likeness (QED) is 0.842. The Morgan fingerprint density at radius 2 is 1.85 bits per heavy atom. The molecule has 2 rings (SSSR count). The maximum absolute atomic E-state index is 13.0. The summed E-state index contributed by atoms with van der Waals surface area (Å²) in [6, 6.07) is 9.75. The molecule has 4 heteroatoms. The first-order valence-electron chi connectivity index (χ1n) is 6.29. The van der Waals surface area contributed by atoms with E-state index in [1.54, 1.807) is 18.3 Å². The van der Waals surface area contributed by atoms with Crippen LogP contribution < -0.4 is 0 Å². The molecule has 0 unspecified atom stereocenters. The molecule has 0 aliphatic heterocycles. The predicted octanol–water partition coefficient (Wildman–Crippen LogP) is 4.07. The summed E-state index contributed by atoms with van der Waals surface area (Å²) in [4.78, 5) is 16.7. The van der Waals surface area contributed by atoms with Gasteiger partial charge in [0.05, 0.1) is 0 Å². The second-order valence-corrected chi connectivity index (χ2v) is 6.12. The van der Waals surface area contributed by atoms with E-state index in [1.807, 2.05) is 26.0 Å². The fraction of sp³-hybridized carbons (Fsp3) is 0.250. The number of hydrogen-bond acceptors (Lipinski definition) is 2. The Bertz CT molecular complexity index is 605. The van der Waals surface area contributed by atoms with Crippen LogP contribution in [0.1, 0.15) is 25.1 Å². The largest absolute Gasteiger partial charge is 0.298 e. The summed E-state index contributed by atoms with van der Waals surface area (Å²) in [5.74, 6) is -0.245. The maximum Gasteiger partial charge on any atom is 0.148 e. The molecule has 0 N–H and O–H groups in total. The van der Waals surface area contributed by atoms with Gasteiger partial charge < -0.3 is 0 Å². The number of carbonyl (C=O) groups is 1. The lowest BCUT2D eigenvalue weighted by Crippen LogP contribution is -2.30. The molecule has 2 nitrogen and oxygen atoms in total. The number of Topliss-reactive ketones (excluding diaryl/α,β-unsaturated/α-hetero) is 1. The summed E-state index contributed by atoms with van der Waals surface area (Å²) in [5.41, 5.74) is 0.872. The first-order valence-corrected chi connectivity index (χ1v) is 7.08. The van der Waals surface area contributed by atoms with Crippen molar-refractivity contribution in [3.05, 3.63) is 64.1 Å². The van der Waals surface area contributed by atoms with Gasteiger partial charge in [0.2, 0.25) is 0 Å². The lowest BCUT2D eigenvalue weighted by atomic mass is 9.79. The van der Waals surface area contributed by atoms with Crippen LogP contribution in [-0.4, -0.2) is 10.8 Å². The minimum atomic E-state index is -0.664. The Kier molecular flexibility index (Phi) is 4.33. The van der Waals surface area contributed by atoms with Crippen LogP contribution in [0.2, 0.25) is 0 Å². The van der Waals surface area contributed by atoms with Crippen LogP contribution in [0.25, 0.3) is 0 Å². The van der Waals surface area contributed by atoms with Crippen molar-refractivity contribution < 1.29 is 9.18 Å². The molecule has 20 heavy (non-hydrogen) atoms. The van der Waals surface area contributed by atoms with Crippen molar-refractivity contribution in [1.29, 1.82) is 0 Å². The van der Waals surface area contributed by atoms with E-state index in [4.69, 9.17) is 0 Å². The summed E-state index contributed by atoms with van der Waals surface area (Å²) in [6.45, 7) is 3.70. The van der Waals surface area contributed by atoms with Gasteiger partial charge in [-0.3, -0.25) is 9.78 Å². The number of pyridine rings is 1. The van der Waals surface area contributed by atoms with Crippen LogP contribution in [-0.2, 0) is 16.6 Å². The number of aromatic nitrogens is 1. The molecule has 0 saturated carbocycles. The molecule has 2 aromatic rings. The van der Waals surface area contributed by atoms with Gasteiger partial charge in [-0.15, -0.1) is 0 Å². The van der Waals surface area contributed by atoms with Crippen LogP contribution in [0.15, 0.2) is 47.1 Å². The van der Waals surface area contributed by atoms with Gasteiger partial charge in [-0.05, 0) is 59.6 Å². The molecule has 0 atom stereocenters. The van der Waals surface area contributed by atoms with Crippen LogP contribution in [0, 0.1) is 5.82 Å². The topological polar surface area (TPSA) is 30.0 Å². The van der Waals surface area contributed by atoms with Crippen molar-refractivity contribution in [2.45, 2.75) is 25.7 Å². The predicted molar refractivity (Wildman–Crippen MR) is 80.1 cm³/mol. The highest BCUT2D eigenvalue weighted by molar-refractivity contribution is 9.10. The molecule has 0 radical (unpaired) electrons. The van der Waals surface area contributed by atoms with Crippen molar-refractivity contribution in [3.8, 4) is 0 Å². The van der Waals surface area contributed by atoms with Crippen molar-refractivity contribution >= 4 is 21.7 Å². The molecule has 1 aromatic heterocycles. The first-order chi connectivity index (χ1) is 9.39. The number of nitrogens with zero attached hydrogens (tertiary/aromatic N) is 1. The zero-order valence-corrected chi connectivity index (χ0v) is 12.9. The smallest absolute Gasteiger partial charge is 0.148 e. The molecule has 0 aliphatic carbocycles. The van der Waals surface area contributed by atoms with Crippen LogP contribution >= 0.6 is 15.9 Å². The molecule has 104 valence electrons. The molecule has 0 bridgehead atoms. The highest BCUT2D eigenvalue weighted by Crippen LogP contribution is 2.26. The van der Waals surface area contributed by atoms with E-state index in [9.17, 15) is 9.18 Å². The molecule has 0 spiro atoms. The fourth-order valence-corrected chi connectivity index (χ4v) is 2.16. The van der Waals surface area contributed by atoms with Crippen molar-refractivity contribution in [1.82, 2.24) is 4.98 Å². The van der Waals surface area contributed by atoms with Gasteiger partial charge in [-0.1, -0.05) is 12.1 Å². The molecule has 1 aromatic carbocycles. The minimum Gasteiger partial charge on any atom is -0.298 e. The molecule has 0 saturated heterocycles. The van der Waals surface area contributed by atoms with Crippen molar-refractivity contribution in [2.24, 2.45) is 0 Å². The zero-order valence-electron chi connectivity index (χ0n) is 11.4. The van der Waals surface area contributed by atoms with E-state index in [-0.39, 0.29) is 18.0 Å². The van der Waals surface area contributed by atoms with Gasteiger partial charge in [0.25, 0.3) is 0 Å². The molecular weight excluding hydrogens is 321 g/mol. The fourth-order valence-electron chi connectivity index (χ4n) is 1.92. The van der Waals surface area contributed by atoms with E-state index < -0.39 is 5.41 Å². The second-order valence-electron chi connectivity index (χ2n) is 5.20. The van der Waals surface area contributed by atoms with E-state index in [2.05, 4.69) is 20.9 Å². The monoisotopic (exact) mass is 335 g/mol. The Balaban J connectivity index is 2.18. The molecular formula is C16H15BrFNO. The SMILES string of the molecule is CC(C)(C(=O)Cc1ccc(Br)cn1)c1ccc(F)cc1. The van der Waals surface area contributed by atoms with E-state index >= 15 is 0 Å². The third-order valence-electron chi connectivity index (χ3n) is 3.39. The van der Waals surface area contributed by atoms with Gasteiger partial charge in [-0.25, -0.2) is 4.39 Å². The maximum atomic E-state index is 13.0. The van der Waals surface area contributed by atoms with Crippen LogP contribution in [0.3, 0.4) is 0 Å². The molecule has 0 fully saturated rings. The van der Waals surface area contributed by atoms with E-state index in [0.717, 1.165) is 15.7 Å². The molecule has 0 aliphatic rings. The summed E-state index contributed by atoms with van der Waals surface area (Å²) in [6.07, 6.45) is 1.94. The van der Waals surface area contributed by atoms with Crippen LogP contribution in [0.5, 0.6) is 0 Å². The third-order valence-corrected chi connectivity index (χ3v) is 3.86. The minimum absolute atomic E-state index is 0.0546. The Hall–Kier alpha value is -1.55. The van der Waals surface area contributed by atoms with Crippen molar-refractivity contribution in [2.75, 3.05) is 0 Å². The van der Waals surface area contributed by atoms with Gasteiger partial charge in [0, 0.05) is 28.2 Å². The Labute approximate surface area is 126 Å². The lowest BCUT2D eigenvalue weighted by molar-refractivity contribution is -0.122. The van der Waals surface area contributed by atoms with Crippen molar-refractivity contribution in [3.63, 3.8) is 0 Å². The summed E-state index contributed by atoms with van der Waals surface area (Å²) >= 11 is 3.31. The number of carbonyl (C=O) groups excluding carboxylic acids is 1. The van der Waals surface area contributed by atoms with E-state index in [1.165, 1.54) is 12.1 Å². The highest BCUT2D eigenvalue weighted by Gasteiger charge is 2.29. The number of halogens is 2. The molecule has 1 heterocycles. The standard InChI is InChI=1S/C16H15BrFNO/c1-16(2,11-3-6-13(18)7-4-11)15(20)9-14-8-5-12(17)10-19-14/h3-8,10H,9H2,1-2H3. The van der Waals surface area contributed by atoms with Gasteiger partial charge in [0.15, 0.2) is 0 Å². The lowest BCUT2D eigenvalue weighted by Gasteiger charge is -2.23. The summed E-state index contributed by atoms with van der Waals surface area (Å²) < 4.78 is 13.8. The van der Waals surface area contributed by atoms with Crippen LogP contribution in [0.4, 0.5) is 4.39 Å². The van der Waals surface area contributed by atoms with Gasteiger partial charge >= 0.3 is 0 Å². The number of ketones is 1. The van der Waals surface area contributed by atoms with E-state index in [0.29, 0.717) is 0 Å². The summed E-state index contributed by atoms with van der Waals surface area (Å²) in [7, 11) is 0. The Morgan fingerprint density at radius 3 is 2.40 bits per heavy atom. The number of benzene rings is 1. The third kappa shape index (κ3) is 3.31. The number of rotatable bonds is 4. The zero-order chi connectivity index (χ0) is 14.8. The first kappa shape index (κ1) is 14.9. The normalized spacial score (nSPS) is 11.4.